The standard InChI is InChI=1S/C18H21NO3/c1-17(2,3)22-16(20)18(21-4,14-9-6-5-7-10-14)15-11-8-12-19-13-15/h5-13H,1-4H3. The number of ether oxygens (including phenoxy) is 2. The predicted molar refractivity (Wildman–Crippen MR) is 84.3 cm³/mol. The fraction of sp³-hybridized carbons (Fsp3) is 0.333. The number of hydrogen-bond donors (Lipinski definition) is 0. The summed E-state index contributed by atoms with van der Waals surface area (Å²) in [4.78, 5) is 17.1. The number of pyridine rings is 1. The van der Waals surface area contributed by atoms with E-state index in [0.717, 1.165) is 0 Å². The van der Waals surface area contributed by atoms with E-state index in [1.165, 1.54) is 7.11 Å². The summed E-state index contributed by atoms with van der Waals surface area (Å²) in [5.41, 5.74) is -0.599. The van der Waals surface area contributed by atoms with E-state index in [-0.39, 0.29) is 0 Å². The van der Waals surface area contributed by atoms with Gasteiger partial charge in [-0.25, -0.2) is 4.79 Å². The number of rotatable bonds is 4. The molecule has 4 heteroatoms. The Labute approximate surface area is 131 Å². The van der Waals surface area contributed by atoms with Crippen LogP contribution in [-0.4, -0.2) is 23.7 Å². The van der Waals surface area contributed by atoms with Gasteiger partial charge in [0.25, 0.3) is 0 Å². The highest BCUT2D eigenvalue weighted by Crippen LogP contribution is 2.35. The zero-order chi connectivity index (χ0) is 16.2. The maximum Gasteiger partial charge on any atom is 0.348 e. The van der Waals surface area contributed by atoms with Crippen molar-refractivity contribution in [2.45, 2.75) is 32.0 Å². The third-order valence-electron chi connectivity index (χ3n) is 3.24. The number of benzene rings is 1. The quantitative estimate of drug-likeness (QED) is 0.813. The molecule has 0 N–H and O–H groups in total. The molecule has 4 nitrogen and oxygen atoms in total. The second-order valence-electron chi connectivity index (χ2n) is 5.99. The number of carbonyl (C=O) groups excluding carboxylic acids is 1. The molecule has 0 saturated carbocycles. The highest BCUT2D eigenvalue weighted by Gasteiger charge is 2.45. The first kappa shape index (κ1) is 16.2. The number of carbonyl (C=O) groups is 1. The molecule has 1 unspecified atom stereocenters. The normalized spacial score (nSPS) is 14.2. The first-order valence-electron chi connectivity index (χ1n) is 7.15. The molecule has 0 amide bonds. The Bertz CT molecular complexity index is 578. The largest absolute Gasteiger partial charge is 0.457 e. The second-order valence-corrected chi connectivity index (χ2v) is 5.99. The Hall–Kier alpha value is -2.20. The molecule has 0 fully saturated rings. The molecular formula is C18H21NO3. The van der Waals surface area contributed by atoms with Gasteiger partial charge in [-0.1, -0.05) is 36.4 Å². The fourth-order valence-corrected chi connectivity index (χ4v) is 2.32. The number of hydrogen-bond acceptors (Lipinski definition) is 4. The predicted octanol–water partition coefficient (Wildman–Crippen LogP) is 3.31. The SMILES string of the molecule is COC(C(=O)OC(C)(C)C)(c1ccccc1)c1cccnc1. The van der Waals surface area contributed by atoms with Crippen molar-refractivity contribution in [2.24, 2.45) is 0 Å². The van der Waals surface area contributed by atoms with Crippen LogP contribution in [0.5, 0.6) is 0 Å². The molecule has 0 aliphatic heterocycles. The van der Waals surface area contributed by atoms with Gasteiger partial charge in [-0.3, -0.25) is 4.98 Å². The highest BCUT2D eigenvalue weighted by atomic mass is 16.6. The van der Waals surface area contributed by atoms with Gasteiger partial charge in [-0.15, -0.1) is 0 Å². The first-order valence-corrected chi connectivity index (χ1v) is 7.15. The smallest absolute Gasteiger partial charge is 0.348 e. The van der Waals surface area contributed by atoms with E-state index in [0.29, 0.717) is 11.1 Å². The van der Waals surface area contributed by atoms with E-state index in [1.807, 2.05) is 57.2 Å². The Balaban J connectivity index is 2.60. The van der Waals surface area contributed by atoms with Gasteiger partial charge in [0.2, 0.25) is 5.60 Å². The number of nitrogens with zero attached hydrogens (tertiary/aromatic N) is 1. The molecule has 22 heavy (non-hydrogen) atoms. The first-order chi connectivity index (χ1) is 10.4. The maximum absolute atomic E-state index is 12.9. The van der Waals surface area contributed by atoms with Gasteiger partial charge < -0.3 is 9.47 Å². The van der Waals surface area contributed by atoms with Crippen molar-refractivity contribution < 1.29 is 14.3 Å². The van der Waals surface area contributed by atoms with Gasteiger partial charge in [0, 0.05) is 25.1 Å². The molecule has 2 rings (SSSR count). The second kappa shape index (κ2) is 6.28. The van der Waals surface area contributed by atoms with Gasteiger partial charge in [0.1, 0.15) is 5.60 Å². The molecule has 0 radical (unpaired) electrons. The minimum Gasteiger partial charge on any atom is -0.457 e. The summed E-state index contributed by atoms with van der Waals surface area (Å²) < 4.78 is 11.3. The Kier molecular flexibility index (Phi) is 4.62. The van der Waals surface area contributed by atoms with Crippen LogP contribution in [0.3, 0.4) is 0 Å². The summed E-state index contributed by atoms with van der Waals surface area (Å²) in [7, 11) is 1.50. The summed E-state index contributed by atoms with van der Waals surface area (Å²) in [6, 6.07) is 12.9. The lowest BCUT2D eigenvalue weighted by atomic mass is 9.86. The third-order valence-corrected chi connectivity index (χ3v) is 3.24. The van der Waals surface area contributed by atoms with Gasteiger partial charge in [-0.05, 0) is 32.4 Å². The maximum atomic E-state index is 12.9. The monoisotopic (exact) mass is 299 g/mol. The lowest BCUT2D eigenvalue weighted by Crippen LogP contribution is -2.43. The zero-order valence-electron chi connectivity index (χ0n) is 13.4. The molecule has 0 aliphatic rings. The van der Waals surface area contributed by atoms with Gasteiger partial charge in [0.15, 0.2) is 0 Å². The Morgan fingerprint density at radius 2 is 1.64 bits per heavy atom. The number of methoxy groups -OCH3 is 1. The molecule has 1 atom stereocenters. The average Bonchev–Trinajstić information content (AvgIpc) is 2.49. The lowest BCUT2D eigenvalue weighted by Gasteiger charge is -2.33. The van der Waals surface area contributed by atoms with Crippen molar-refractivity contribution in [2.75, 3.05) is 7.11 Å². The Morgan fingerprint density at radius 3 is 2.14 bits per heavy atom. The van der Waals surface area contributed by atoms with Crippen LogP contribution >= 0.6 is 0 Å². The fourth-order valence-electron chi connectivity index (χ4n) is 2.32. The summed E-state index contributed by atoms with van der Waals surface area (Å²) in [5, 5.41) is 0. The van der Waals surface area contributed by atoms with Crippen molar-refractivity contribution in [3.63, 3.8) is 0 Å². The summed E-state index contributed by atoms with van der Waals surface area (Å²) >= 11 is 0. The van der Waals surface area contributed by atoms with Crippen LogP contribution in [0.1, 0.15) is 31.9 Å². The molecule has 2 aromatic rings. The van der Waals surface area contributed by atoms with Crippen LogP contribution in [0, 0.1) is 0 Å². The molecule has 1 heterocycles. The highest BCUT2D eigenvalue weighted by molar-refractivity contribution is 5.86. The van der Waals surface area contributed by atoms with E-state index in [9.17, 15) is 4.79 Å². The van der Waals surface area contributed by atoms with Crippen molar-refractivity contribution in [3.05, 3.63) is 66.0 Å². The molecule has 0 saturated heterocycles. The minimum atomic E-state index is -1.33. The van der Waals surface area contributed by atoms with E-state index in [1.54, 1.807) is 18.5 Å². The van der Waals surface area contributed by atoms with Crippen LogP contribution in [0.4, 0.5) is 0 Å². The molecule has 0 spiro atoms. The van der Waals surface area contributed by atoms with Crippen LogP contribution in [0.2, 0.25) is 0 Å². The van der Waals surface area contributed by atoms with Crippen LogP contribution in [0.15, 0.2) is 54.9 Å². The molecule has 1 aromatic carbocycles. The topological polar surface area (TPSA) is 48.4 Å². The summed E-state index contributed by atoms with van der Waals surface area (Å²) in [6.07, 6.45) is 3.28. The third kappa shape index (κ3) is 3.17. The molecule has 116 valence electrons. The van der Waals surface area contributed by atoms with E-state index < -0.39 is 17.2 Å². The molecule has 1 aromatic heterocycles. The summed E-state index contributed by atoms with van der Waals surface area (Å²) in [6.45, 7) is 5.50. The Morgan fingerprint density at radius 1 is 1.00 bits per heavy atom. The summed E-state index contributed by atoms with van der Waals surface area (Å²) in [5.74, 6) is -0.457. The van der Waals surface area contributed by atoms with Crippen molar-refractivity contribution in [1.82, 2.24) is 4.98 Å². The van der Waals surface area contributed by atoms with Crippen molar-refractivity contribution in [1.29, 1.82) is 0 Å². The van der Waals surface area contributed by atoms with E-state index in [4.69, 9.17) is 9.47 Å². The number of aromatic nitrogens is 1. The van der Waals surface area contributed by atoms with Crippen LogP contribution in [0.25, 0.3) is 0 Å². The van der Waals surface area contributed by atoms with Gasteiger partial charge in [-0.2, -0.15) is 0 Å². The zero-order valence-corrected chi connectivity index (χ0v) is 13.4. The van der Waals surface area contributed by atoms with E-state index >= 15 is 0 Å². The van der Waals surface area contributed by atoms with Gasteiger partial charge in [0.05, 0.1) is 0 Å². The molecular weight excluding hydrogens is 278 g/mol. The lowest BCUT2D eigenvalue weighted by molar-refractivity contribution is -0.177. The van der Waals surface area contributed by atoms with Crippen LogP contribution in [-0.2, 0) is 19.9 Å². The van der Waals surface area contributed by atoms with Gasteiger partial charge >= 0.3 is 5.97 Å². The number of esters is 1. The molecule has 0 aliphatic carbocycles. The van der Waals surface area contributed by atoms with E-state index in [2.05, 4.69) is 4.98 Å². The van der Waals surface area contributed by atoms with Crippen molar-refractivity contribution in [3.8, 4) is 0 Å². The average molecular weight is 299 g/mol. The van der Waals surface area contributed by atoms with Crippen molar-refractivity contribution >= 4 is 5.97 Å². The minimum absolute atomic E-state index is 0.457. The molecule has 0 bridgehead atoms. The van der Waals surface area contributed by atoms with Crippen LogP contribution < -0.4 is 0 Å².